The van der Waals surface area contributed by atoms with Crippen molar-refractivity contribution in [3.8, 4) is 0 Å². The van der Waals surface area contributed by atoms with Crippen molar-refractivity contribution in [2.45, 2.75) is 68.2 Å². The molecule has 0 aliphatic heterocycles. The van der Waals surface area contributed by atoms with Gasteiger partial charge in [-0.15, -0.1) is 0 Å². The quantitative estimate of drug-likeness (QED) is 0.532. The number of ether oxygens (including phenoxy) is 1. The maximum atomic E-state index is 11.5. The number of carbonyl (C=O) groups is 1. The Labute approximate surface area is 155 Å². The number of aliphatic hydroxyl groups excluding tert-OH is 1. The second-order valence-corrected chi connectivity index (χ2v) is 8.57. The van der Waals surface area contributed by atoms with Gasteiger partial charge in [-0.3, -0.25) is 4.79 Å². The maximum absolute atomic E-state index is 11.5. The lowest BCUT2D eigenvalue weighted by Crippen LogP contribution is -2.40. The molecule has 3 atom stereocenters. The van der Waals surface area contributed by atoms with Crippen LogP contribution in [0.4, 0.5) is 0 Å². The fraction of sp³-hybridized carbons (Fsp3) is 0.773. The summed E-state index contributed by atoms with van der Waals surface area (Å²) in [6.45, 7) is 21.3. The van der Waals surface area contributed by atoms with Crippen LogP contribution in [0.15, 0.2) is 24.3 Å². The van der Waals surface area contributed by atoms with Gasteiger partial charge in [0.05, 0.1) is 12.5 Å². The second kappa shape index (κ2) is 9.02. The number of aliphatic hydroxyl groups is 1. The fourth-order valence-corrected chi connectivity index (χ4v) is 3.00. The van der Waals surface area contributed by atoms with Crippen LogP contribution in [0.3, 0.4) is 0 Å². The third-order valence-electron chi connectivity index (χ3n) is 6.51. The number of hydrogen-bond donors (Lipinski definition) is 1. The molecular weight excluding hydrogens is 312 g/mol. The van der Waals surface area contributed by atoms with Gasteiger partial charge in [0.2, 0.25) is 0 Å². The van der Waals surface area contributed by atoms with Crippen LogP contribution in [0.1, 0.15) is 68.2 Å². The third-order valence-corrected chi connectivity index (χ3v) is 6.51. The summed E-state index contributed by atoms with van der Waals surface area (Å²) in [4.78, 5) is 11.5. The summed E-state index contributed by atoms with van der Waals surface area (Å²) in [5, 5.41) is 8.80. The Hall–Kier alpha value is -1.09. The number of esters is 1. The van der Waals surface area contributed by atoms with Gasteiger partial charge >= 0.3 is 5.97 Å². The van der Waals surface area contributed by atoms with Crippen molar-refractivity contribution >= 4 is 5.97 Å². The van der Waals surface area contributed by atoms with Gasteiger partial charge in [0.15, 0.2) is 0 Å². The zero-order chi connectivity index (χ0) is 18.7. The minimum absolute atomic E-state index is 0. The molecule has 2 aliphatic carbocycles. The van der Waals surface area contributed by atoms with Gasteiger partial charge in [-0.2, -0.15) is 0 Å². The molecule has 0 aromatic heterocycles. The van der Waals surface area contributed by atoms with Crippen molar-refractivity contribution in [1.29, 1.82) is 0 Å². The first-order valence-corrected chi connectivity index (χ1v) is 9.12. The highest BCUT2D eigenvalue weighted by molar-refractivity contribution is 5.71. The van der Waals surface area contributed by atoms with Crippen LogP contribution in [0.5, 0.6) is 0 Å². The topological polar surface area (TPSA) is 46.5 Å². The normalized spacial score (nSPS) is 26.8. The van der Waals surface area contributed by atoms with Crippen molar-refractivity contribution < 1.29 is 14.6 Å². The van der Waals surface area contributed by atoms with Gasteiger partial charge in [0.25, 0.3) is 0 Å². The summed E-state index contributed by atoms with van der Waals surface area (Å²) in [5.41, 5.74) is 2.90. The number of hydrogen-bond acceptors (Lipinski definition) is 3. The molecule has 3 heteroatoms. The summed E-state index contributed by atoms with van der Waals surface area (Å²) < 4.78 is 5.30. The van der Waals surface area contributed by atoms with E-state index in [9.17, 15) is 4.79 Å². The average Bonchev–Trinajstić information content (AvgIpc) is 2.55. The van der Waals surface area contributed by atoms with Crippen LogP contribution in [0.2, 0.25) is 0 Å². The van der Waals surface area contributed by atoms with Crippen molar-refractivity contribution in [3.05, 3.63) is 24.3 Å². The van der Waals surface area contributed by atoms with E-state index in [4.69, 9.17) is 9.84 Å². The van der Waals surface area contributed by atoms with Gasteiger partial charge in [-0.05, 0) is 36.0 Å². The van der Waals surface area contributed by atoms with Crippen LogP contribution in [-0.2, 0) is 9.53 Å². The number of rotatable bonds is 5. The average molecular weight is 353 g/mol. The Kier molecular flexibility index (Phi) is 8.63. The predicted molar refractivity (Wildman–Crippen MR) is 106 cm³/mol. The standard InChI is InChI=1S/C13H22O2.C8H14O.CH4/c1-6-9(2)12(14)15-8-11-7-10(3)13(11,4)5;1-6-4-7(5-9)8(6,2)3;/h9,11H,3,6-8H2,1-2,4-5H3;7,9H,1,4-5H2,2-3H3;1H4. The molecule has 146 valence electrons. The van der Waals surface area contributed by atoms with Gasteiger partial charge in [-0.1, -0.05) is 73.3 Å². The molecule has 2 saturated carbocycles. The maximum Gasteiger partial charge on any atom is 0.308 e. The highest BCUT2D eigenvalue weighted by Gasteiger charge is 2.43. The smallest absolute Gasteiger partial charge is 0.308 e. The molecule has 2 aliphatic rings. The first kappa shape index (κ1) is 23.9. The molecule has 0 heterocycles. The molecule has 0 aromatic rings. The van der Waals surface area contributed by atoms with Gasteiger partial charge in [0, 0.05) is 12.5 Å². The molecule has 0 amide bonds. The Morgan fingerprint density at radius 3 is 1.88 bits per heavy atom. The van der Waals surface area contributed by atoms with Crippen molar-refractivity contribution in [3.63, 3.8) is 0 Å². The number of carbonyl (C=O) groups excluding carboxylic acids is 1. The fourth-order valence-electron chi connectivity index (χ4n) is 3.00. The Bertz CT molecular complexity index is 488. The monoisotopic (exact) mass is 352 g/mol. The van der Waals surface area contributed by atoms with Crippen LogP contribution < -0.4 is 0 Å². The first-order chi connectivity index (χ1) is 11.0. The van der Waals surface area contributed by atoms with E-state index in [2.05, 4.69) is 40.9 Å². The van der Waals surface area contributed by atoms with E-state index in [-0.39, 0.29) is 30.1 Å². The van der Waals surface area contributed by atoms with E-state index in [1.807, 2.05) is 13.8 Å². The lowest BCUT2D eigenvalue weighted by Gasteiger charge is -2.46. The SMILES string of the molecule is C.C=C1CC(CO)C1(C)C.C=C1CC(COC(=O)C(C)CC)C1(C)C. The first-order valence-electron chi connectivity index (χ1n) is 9.12. The van der Waals surface area contributed by atoms with E-state index in [1.54, 1.807) is 0 Å². The van der Waals surface area contributed by atoms with Crippen molar-refractivity contribution in [1.82, 2.24) is 0 Å². The summed E-state index contributed by atoms with van der Waals surface area (Å²) in [7, 11) is 0. The van der Waals surface area contributed by atoms with E-state index in [0.29, 0.717) is 25.0 Å². The zero-order valence-electron chi connectivity index (χ0n) is 16.4. The molecule has 0 radical (unpaired) electrons. The third kappa shape index (κ3) is 5.20. The van der Waals surface area contributed by atoms with E-state index < -0.39 is 0 Å². The summed E-state index contributed by atoms with van der Waals surface area (Å²) in [5.74, 6) is 0.880. The van der Waals surface area contributed by atoms with Gasteiger partial charge in [0.1, 0.15) is 0 Å². The van der Waals surface area contributed by atoms with Crippen LogP contribution in [-0.4, -0.2) is 24.3 Å². The minimum Gasteiger partial charge on any atom is -0.465 e. The molecule has 0 saturated heterocycles. The Balaban J connectivity index is 0.000000495. The van der Waals surface area contributed by atoms with Crippen molar-refractivity contribution in [2.75, 3.05) is 13.2 Å². The summed E-state index contributed by atoms with van der Waals surface area (Å²) >= 11 is 0. The molecule has 3 unspecified atom stereocenters. The second-order valence-electron chi connectivity index (χ2n) is 8.57. The van der Waals surface area contributed by atoms with Crippen molar-refractivity contribution in [2.24, 2.45) is 28.6 Å². The van der Waals surface area contributed by atoms with Crippen LogP contribution >= 0.6 is 0 Å². The zero-order valence-corrected chi connectivity index (χ0v) is 16.4. The molecular formula is C22H40O3. The van der Waals surface area contributed by atoms with Crippen LogP contribution in [0.25, 0.3) is 0 Å². The summed E-state index contributed by atoms with van der Waals surface area (Å²) in [6, 6.07) is 0. The largest absolute Gasteiger partial charge is 0.465 e. The molecule has 0 spiro atoms. The molecule has 3 nitrogen and oxygen atoms in total. The molecule has 0 aromatic carbocycles. The highest BCUT2D eigenvalue weighted by Crippen LogP contribution is 2.50. The van der Waals surface area contributed by atoms with E-state index in [1.165, 1.54) is 11.1 Å². The lowest BCUT2D eigenvalue weighted by molar-refractivity contribution is -0.151. The highest BCUT2D eigenvalue weighted by atomic mass is 16.5. The van der Waals surface area contributed by atoms with Crippen LogP contribution in [0, 0.1) is 28.6 Å². The number of allylic oxidation sites excluding steroid dienone is 2. The summed E-state index contributed by atoms with van der Waals surface area (Å²) in [6.07, 6.45) is 2.86. The molecule has 0 bridgehead atoms. The van der Waals surface area contributed by atoms with Gasteiger partial charge in [-0.25, -0.2) is 0 Å². The Morgan fingerprint density at radius 1 is 1.16 bits per heavy atom. The lowest BCUT2D eigenvalue weighted by atomic mass is 9.59. The Morgan fingerprint density at radius 2 is 1.60 bits per heavy atom. The van der Waals surface area contributed by atoms with E-state index >= 15 is 0 Å². The van der Waals surface area contributed by atoms with E-state index in [0.717, 1.165) is 19.3 Å². The van der Waals surface area contributed by atoms with Gasteiger partial charge < -0.3 is 9.84 Å². The molecule has 2 rings (SSSR count). The minimum atomic E-state index is -0.0641. The molecule has 2 fully saturated rings. The predicted octanol–water partition coefficient (Wildman–Crippen LogP) is 5.40. The molecule has 25 heavy (non-hydrogen) atoms. The molecule has 1 N–H and O–H groups in total.